The van der Waals surface area contributed by atoms with E-state index in [4.69, 9.17) is 4.74 Å². The van der Waals surface area contributed by atoms with Crippen LogP contribution < -0.4 is 0 Å². The molecule has 0 atom stereocenters. The summed E-state index contributed by atoms with van der Waals surface area (Å²) >= 11 is 0. The van der Waals surface area contributed by atoms with Crippen LogP contribution in [-0.4, -0.2) is 5.97 Å². The maximum absolute atomic E-state index is 13.8. The van der Waals surface area contributed by atoms with Crippen LogP contribution in [-0.2, 0) is 15.1 Å². The van der Waals surface area contributed by atoms with Gasteiger partial charge in [0.15, 0.2) is 11.6 Å². The van der Waals surface area contributed by atoms with E-state index >= 15 is 0 Å². The van der Waals surface area contributed by atoms with E-state index in [0.717, 1.165) is 6.07 Å². The molecule has 0 fully saturated rings. The molecule has 1 rings (SSSR count). The first kappa shape index (κ1) is 13.6. The Morgan fingerprint density at radius 1 is 1.29 bits per heavy atom. The first-order valence-electron chi connectivity index (χ1n) is 5.61. The maximum Gasteiger partial charge on any atom is 0.303 e. The topological polar surface area (TPSA) is 26.3 Å². The third kappa shape index (κ3) is 2.62. The summed E-state index contributed by atoms with van der Waals surface area (Å²) in [5.41, 5.74) is -0.990. The van der Waals surface area contributed by atoms with Gasteiger partial charge in [-0.2, -0.15) is 0 Å². The van der Waals surface area contributed by atoms with Gasteiger partial charge in [0.05, 0.1) is 0 Å². The van der Waals surface area contributed by atoms with E-state index in [-0.39, 0.29) is 5.56 Å². The lowest BCUT2D eigenvalue weighted by atomic mass is 9.87. The average molecular weight is 242 g/mol. The van der Waals surface area contributed by atoms with Crippen LogP contribution in [0.3, 0.4) is 0 Å². The zero-order valence-electron chi connectivity index (χ0n) is 10.2. The third-order valence-corrected chi connectivity index (χ3v) is 2.92. The standard InChI is InChI=1S/C13H16F2O2/c1-4-13(5-2,17-9(3)16)10-7-6-8-11(14)12(10)15/h6-8H,4-5H2,1-3H3. The molecule has 0 heterocycles. The fraction of sp³-hybridized carbons (Fsp3) is 0.462. The second kappa shape index (κ2) is 5.25. The summed E-state index contributed by atoms with van der Waals surface area (Å²) in [6, 6.07) is 3.91. The van der Waals surface area contributed by atoms with Gasteiger partial charge in [-0.15, -0.1) is 0 Å². The van der Waals surface area contributed by atoms with Crippen LogP contribution in [0, 0.1) is 11.6 Å². The van der Waals surface area contributed by atoms with Gasteiger partial charge in [-0.1, -0.05) is 26.0 Å². The highest BCUT2D eigenvalue weighted by molar-refractivity contribution is 5.66. The summed E-state index contributed by atoms with van der Waals surface area (Å²) in [6.07, 6.45) is 0.785. The number of esters is 1. The Labute approximate surface area is 99.6 Å². The number of hydrogen-bond donors (Lipinski definition) is 0. The molecule has 0 radical (unpaired) electrons. The Morgan fingerprint density at radius 3 is 2.35 bits per heavy atom. The minimum atomic E-state index is -1.09. The van der Waals surface area contributed by atoms with Crippen molar-refractivity contribution in [1.29, 1.82) is 0 Å². The highest BCUT2D eigenvalue weighted by Gasteiger charge is 2.35. The minimum absolute atomic E-state index is 0.0951. The van der Waals surface area contributed by atoms with Crippen LogP contribution in [0.15, 0.2) is 18.2 Å². The first-order valence-corrected chi connectivity index (χ1v) is 5.61. The van der Waals surface area contributed by atoms with E-state index in [1.54, 1.807) is 13.8 Å². The van der Waals surface area contributed by atoms with Crippen LogP contribution in [0.1, 0.15) is 39.2 Å². The van der Waals surface area contributed by atoms with Gasteiger partial charge < -0.3 is 4.74 Å². The fourth-order valence-corrected chi connectivity index (χ4v) is 1.96. The SMILES string of the molecule is CCC(CC)(OC(C)=O)c1cccc(F)c1F. The van der Waals surface area contributed by atoms with Crippen molar-refractivity contribution in [2.24, 2.45) is 0 Å². The molecule has 4 heteroatoms. The molecule has 0 aliphatic rings. The molecule has 0 aliphatic heterocycles. The second-order valence-electron chi connectivity index (χ2n) is 3.90. The van der Waals surface area contributed by atoms with Crippen LogP contribution in [0.25, 0.3) is 0 Å². The predicted molar refractivity (Wildman–Crippen MR) is 60.4 cm³/mol. The number of carbonyl (C=O) groups is 1. The predicted octanol–water partition coefficient (Wildman–Crippen LogP) is 3.54. The lowest BCUT2D eigenvalue weighted by Gasteiger charge is -2.31. The molecule has 0 amide bonds. The number of benzene rings is 1. The average Bonchev–Trinajstić information content (AvgIpc) is 2.30. The van der Waals surface area contributed by atoms with Crippen LogP contribution in [0.5, 0.6) is 0 Å². The molecule has 0 unspecified atom stereocenters. The molecular formula is C13H16F2O2. The highest BCUT2D eigenvalue weighted by atomic mass is 19.2. The van der Waals surface area contributed by atoms with Crippen molar-refractivity contribution in [2.45, 2.75) is 39.2 Å². The molecule has 94 valence electrons. The summed E-state index contributed by atoms with van der Waals surface area (Å²) < 4.78 is 32.2. The molecule has 0 spiro atoms. The van der Waals surface area contributed by atoms with E-state index in [0.29, 0.717) is 12.8 Å². The lowest BCUT2D eigenvalue weighted by Crippen LogP contribution is -2.31. The Morgan fingerprint density at radius 2 is 1.88 bits per heavy atom. The van der Waals surface area contributed by atoms with Gasteiger partial charge >= 0.3 is 5.97 Å². The van der Waals surface area contributed by atoms with Crippen molar-refractivity contribution in [3.05, 3.63) is 35.4 Å². The number of carbonyl (C=O) groups excluding carboxylic acids is 1. The van der Waals surface area contributed by atoms with Crippen LogP contribution in [0.2, 0.25) is 0 Å². The Balaban J connectivity index is 3.31. The Hall–Kier alpha value is -1.45. The molecule has 0 N–H and O–H groups in total. The van der Waals surface area contributed by atoms with E-state index in [1.165, 1.54) is 19.1 Å². The molecule has 0 saturated heterocycles. The van der Waals surface area contributed by atoms with Crippen molar-refractivity contribution in [2.75, 3.05) is 0 Å². The van der Waals surface area contributed by atoms with Crippen LogP contribution >= 0.6 is 0 Å². The van der Waals surface area contributed by atoms with Gasteiger partial charge in [-0.05, 0) is 18.9 Å². The molecular weight excluding hydrogens is 226 g/mol. The van der Waals surface area contributed by atoms with E-state index < -0.39 is 23.2 Å². The molecule has 0 aliphatic carbocycles. The fourth-order valence-electron chi connectivity index (χ4n) is 1.96. The Kier molecular flexibility index (Phi) is 4.21. The minimum Gasteiger partial charge on any atom is -0.454 e. The summed E-state index contributed by atoms with van der Waals surface area (Å²) in [4.78, 5) is 11.1. The molecule has 0 bridgehead atoms. The zero-order chi connectivity index (χ0) is 13.1. The monoisotopic (exact) mass is 242 g/mol. The summed E-state index contributed by atoms with van der Waals surface area (Å²) in [5, 5.41) is 0. The first-order chi connectivity index (χ1) is 7.96. The largest absolute Gasteiger partial charge is 0.454 e. The normalized spacial score (nSPS) is 11.4. The number of rotatable bonds is 4. The molecule has 1 aromatic rings. The van der Waals surface area contributed by atoms with Crippen molar-refractivity contribution in [1.82, 2.24) is 0 Å². The van der Waals surface area contributed by atoms with Gasteiger partial charge in [-0.3, -0.25) is 4.79 Å². The summed E-state index contributed by atoms with van der Waals surface area (Å²) in [7, 11) is 0. The zero-order valence-corrected chi connectivity index (χ0v) is 10.2. The second-order valence-corrected chi connectivity index (χ2v) is 3.90. The van der Waals surface area contributed by atoms with Crippen molar-refractivity contribution in [3.63, 3.8) is 0 Å². The van der Waals surface area contributed by atoms with Gasteiger partial charge in [-0.25, -0.2) is 8.78 Å². The quantitative estimate of drug-likeness (QED) is 0.755. The molecule has 2 nitrogen and oxygen atoms in total. The smallest absolute Gasteiger partial charge is 0.303 e. The van der Waals surface area contributed by atoms with E-state index in [2.05, 4.69) is 0 Å². The van der Waals surface area contributed by atoms with Gasteiger partial charge in [0.1, 0.15) is 5.60 Å². The number of ether oxygens (including phenoxy) is 1. The summed E-state index contributed by atoms with van der Waals surface area (Å²) in [5.74, 6) is -2.38. The van der Waals surface area contributed by atoms with E-state index in [9.17, 15) is 13.6 Å². The van der Waals surface area contributed by atoms with Crippen LogP contribution in [0.4, 0.5) is 8.78 Å². The third-order valence-electron chi connectivity index (χ3n) is 2.92. The molecule has 1 aromatic carbocycles. The summed E-state index contributed by atoms with van der Waals surface area (Å²) in [6.45, 7) is 4.81. The van der Waals surface area contributed by atoms with E-state index in [1.807, 2.05) is 0 Å². The lowest BCUT2D eigenvalue weighted by molar-refractivity contribution is -0.159. The maximum atomic E-state index is 13.8. The molecule has 0 saturated carbocycles. The number of hydrogen-bond acceptors (Lipinski definition) is 2. The van der Waals surface area contributed by atoms with Gasteiger partial charge in [0, 0.05) is 12.5 Å². The van der Waals surface area contributed by atoms with Gasteiger partial charge in [0.25, 0.3) is 0 Å². The highest BCUT2D eigenvalue weighted by Crippen LogP contribution is 2.35. The van der Waals surface area contributed by atoms with Gasteiger partial charge in [0.2, 0.25) is 0 Å². The van der Waals surface area contributed by atoms with Crippen molar-refractivity contribution >= 4 is 5.97 Å². The number of halogens is 2. The molecule has 0 aromatic heterocycles. The van der Waals surface area contributed by atoms with Crippen molar-refractivity contribution in [3.8, 4) is 0 Å². The Bertz CT molecular complexity index is 412. The van der Waals surface area contributed by atoms with Crippen molar-refractivity contribution < 1.29 is 18.3 Å². The molecule has 17 heavy (non-hydrogen) atoms.